The highest BCUT2D eigenvalue weighted by Gasteiger charge is 2.25. The van der Waals surface area contributed by atoms with Crippen LogP contribution < -0.4 is 14.8 Å². The SMILES string of the molecule is COc1ccc(NS(=O)(=O)c2[nH]ncc2C(=O)Nc2ccc(C(C)C)cc2)cc1. The summed E-state index contributed by atoms with van der Waals surface area (Å²) in [5.41, 5.74) is 1.94. The molecule has 0 saturated carbocycles. The summed E-state index contributed by atoms with van der Waals surface area (Å²) in [5, 5.41) is 8.51. The number of aromatic nitrogens is 2. The number of nitrogens with zero attached hydrogens (tertiary/aromatic N) is 1. The molecule has 8 nitrogen and oxygen atoms in total. The minimum absolute atomic E-state index is 0.0843. The molecule has 0 bridgehead atoms. The standard InChI is InChI=1S/C20H22N4O4S/c1-13(2)14-4-6-15(7-5-14)22-19(25)18-12-21-23-20(18)29(26,27)24-16-8-10-17(28-3)11-9-16/h4-13,24H,1-3H3,(H,21,23)(H,22,25). The number of methoxy groups -OCH3 is 1. The first-order chi connectivity index (χ1) is 13.8. The largest absolute Gasteiger partial charge is 0.497 e. The van der Waals surface area contributed by atoms with Crippen LogP contribution >= 0.6 is 0 Å². The Morgan fingerprint density at radius 1 is 1.03 bits per heavy atom. The second-order valence-corrected chi connectivity index (χ2v) is 8.30. The van der Waals surface area contributed by atoms with Crippen molar-refractivity contribution in [1.29, 1.82) is 0 Å². The molecule has 3 aromatic rings. The molecule has 0 fully saturated rings. The number of benzene rings is 2. The minimum atomic E-state index is -4.05. The van der Waals surface area contributed by atoms with E-state index in [-0.39, 0.29) is 10.6 Å². The quantitative estimate of drug-likeness (QED) is 0.547. The first-order valence-corrected chi connectivity index (χ1v) is 10.4. The van der Waals surface area contributed by atoms with E-state index in [0.29, 0.717) is 23.0 Å². The van der Waals surface area contributed by atoms with Crippen LogP contribution in [0.15, 0.2) is 59.8 Å². The summed E-state index contributed by atoms with van der Waals surface area (Å²) in [7, 11) is -2.53. The number of nitrogens with one attached hydrogen (secondary N) is 3. The number of rotatable bonds is 7. The number of hydrogen-bond acceptors (Lipinski definition) is 5. The molecule has 0 saturated heterocycles. The maximum atomic E-state index is 12.7. The molecule has 0 aliphatic heterocycles. The molecule has 0 aliphatic rings. The van der Waals surface area contributed by atoms with Gasteiger partial charge in [0.15, 0.2) is 5.03 Å². The molecular weight excluding hydrogens is 392 g/mol. The number of hydrogen-bond donors (Lipinski definition) is 3. The Balaban J connectivity index is 1.78. The molecule has 2 aromatic carbocycles. The van der Waals surface area contributed by atoms with Crippen LogP contribution in [0.25, 0.3) is 0 Å². The van der Waals surface area contributed by atoms with Crippen LogP contribution in [0.1, 0.15) is 35.7 Å². The van der Waals surface area contributed by atoms with E-state index in [1.165, 1.54) is 13.3 Å². The average molecular weight is 414 g/mol. The normalized spacial score (nSPS) is 11.3. The fourth-order valence-corrected chi connectivity index (χ4v) is 3.81. The van der Waals surface area contributed by atoms with E-state index in [4.69, 9.17) is 4.74 Å². The van der Waals surface area contributed by atoms with Gasteiger partial charge in [-0.2, -0.15) is 13.5 Å². The third-order valence-electron chi connectivity index (χ3n) is 4.30. The lowest BCUT2D eigenvalue weighted by Crippen LogP contribution is -2.19. The van der Waals surface area contributed by atoms with Crippen molar-refractivity contribution in [2.24, 2.45) is 0 Å². The Hall–Kier alpha value is -3.33. The topological polar surface area (TPSA) is 113 Å². The molecule has 1 amide bonds. The van der Waals surface area contributed by atoms with Crippen molar-refractivity contribution in [3.05, 3.63) is 65.9 Å². The van der Waals surface area contributed by atoms with Crippen molar-refractivity contribution in [1.82, 2.24) is 10.2 Å². The van der Waals surface area contributed by atoms with Crippen LogP contribution in [-0.2, 0) is 10.0 Å². The summed E-state index contributed by atoms with van der Waals surface area (Å²) >= 11 is 0. The number of H-pyrrole nitrogens is 1. The molecular formula is C20H22N4O4S. The summed E-state index contributed by atoms with van der Waals surface area (Å²) in [5.74, 6) is 0.388. The molecule has 1 aromatic heterocycles. The number of sulfonamides is 1. The van der Waals surface area contributed by atoms with Gasteiger partial charge in [0.1, 0.15) is 5.75 Å². The van der Waals surface area contributed by atoms with Gasteiger partial charge in [-0.05, 0) is 47.9 Å². The maximum Gasteiger partial charge on any atom is 0.279 e. The molecule has 0 aliphatic carbocycles. The zero-order chi connectivity index (χ0) is 21.0. The molecule has 3 N–H and O–H groups in total. The monoisotopic (exact) mass is 414 g/mol. The average Bonchev–Trinajstić information content (AvgIpc) is 3.20. The third kappa shape index (κ3) is 4.75. The number of aromatic amines is 1. The van der Waals surface area contributed by atoms with E-state index in [2.05, 4.69) is 34.1 Å². The molecule has 1 heterocycles. The van der Waals surface area contributed by atoms with Crippen molar-refractivity contribution < 1.29 is 17.9 Å². The molecule has 0 unspecified atom stereocenters. The first-order valence-electron chi connectivity index (χ1n) is 8.91. The van der Waals surface area contributed by atoms with Crippen LogP contribution in [0.2, 0.25) is 0 Å². The zero-order valence-corrected chi connectivity index (χ0v) is 17.1. The summed E-state index contributed by atoms with van der Waals surface area (Å²) in [6.45, 7) is 4.15. The van der Waals surface area contributed by atoms with Gasteiger partial charge in [-0.25, -0.2) is 0 Å². The van der Waals surface area contributed by atoms with Crippen LogP contribution in [0.4, 0.5) is 11.4 Å². The van der Waals surface area contributed by atoms with Gasteiger partial charge in [0.2, 0.25) is 0 Å². The Labute approximate surface area is 169 Å². The molecule has 3 rings (SSSR count). The Morgan fingerprint density at radius 3 is 2.24 bits per heavy atom. The number of ether oxygens (including phenoxy) is 1. The smallest absolute Gasteiger partial charge is 0.279 e. The first kappa shape index (κ1) is 20.4. The van der Waals surface area contributed by atoms with Gasteiger partial charge in [0.05, 0.1) is 18.9 Å². The van der Waals surface area contributed by atoms with Gasteiger partial charge in [-0.15, -0.1) is 0 Å². The fraction of sp³-hybridized carbons (Fsp3) is 0.200. The predicted molar refractivity (Wildman–Crippen MR) is 111 cm³/mol. The molecule has 9 heteroatoms. The zero-order valence-electron chi connectivity index (χ0n) is 16.3. The summed E-state index contributed by atoms with van der Waals surface area (Å²) in [6.07, 6.45) is 1.18. The van der Waals surface area contributed by atoms with E-state index >= 15 is 0 Å². The number of amides is 1. The fourth-order valence-electron chi connectivity index (χ4n) is 2.66. The Kier molecular flexibility index (Phi) is 5.88. The summed E-state index contributed by atoms with van der Waals surface area (Å²) in [4.78, 5) is 12.6. The van der Waals surface area contributed by atoms with Crippen molar-refractivity contribution in [3.8, 4) is 5.75 Å². The van der Waals surface area contributed by atoms with Crippen LogP contribution in [0.3, 0.4) is 0 Å². The number of anilines is 2. The summed E-state index contributed by atoms with van der Waals surface area (Å²) in [6, 6.07) is 13.7. The molecule has 0 spiro atoms. The van der Waals surface area contributed by atoms with E-state index in [1.54, 1.807) is 36.4 Å². The highest BCUT2D eigenvalue weighted by Crippen LogP contribution is 2.22. The highest BCUT2D eigenvalue weighted by atomic mass is 32.2. The van der Waals surface area contributed by atoms with E-state index in [0.717, 1.165) is 5.56 Å². The van der Waals surface area contributed by atoms with Crippen molar-refractivity contribution in [2.45, 2.75) is 24.8 Å². The number of carbonyl (C=O) groups is 1. The van der Waals surface area contributed by atoms with Crippen LogP contribution in [0.5, 0.6) is 5.75 Å². The molecule has 0 radical (unpaired) electrons. The van der Waals surface area contributed by atoms with E-state index in [1.807, 2.05) is 12.1 Å². The second-order valence-electron chi connectivity index (χ2n) is 6.68. The van der Waals surface area contributed by atoms with Crippen LogP contribution in [-0.4, -0.2) is 31.6 Å². The summed E-state index contributed by atoms with van der Waals surface area (Å²) < 4.78 is 32.9. The van der Waals surface area contributed by atoms with Crippen molar-refractivity contribution in [3.63, 3.8) is 0 Å². The second kappa shape index (κ2) is 8.36. The molecule has 152 valence electrons. The van der Waals surface area contributed by atoms with Gasteiger partial charge in [0, 0.05) is 11.4 Å². The van der Waals surface area contributed by atoms with Crippen molar-refractivity contribution >= 4 is 27.3 Å². The molecule has 0 atom stereocenters. The molecule has 29 heavy (non-hydrogen) atoms. The Morgan fingerprint density at radius 2 is 1.66 bits per heavy atom. The van der Waals surface area contributed by atoms with Gasteiger partial charge in [-0.3, -0.25) is 14.6 Å². The lowest BCUT2D eigenvalue weighted by molar-refractivity contribution is 0.102. The van der Waals surface area contributed by atoms with Gasteiger partial charge in [0.25, 0.3) is 15.9 Å². The maximum absolute atomic E-state index is 12.7. The lowest BCUT2D eigenvalue weighted by Gasteiger charge is -2.10. The van der Waals surface area contributed by atoms with Gasteiger partial charge in [-0.1, -0.05) is 26.0 Å². The number of carbonyl (C=O) groups excluding carboxylic acids is 1. The minimum Gasteiger partial charge on any atom is -0.497 e. The van der Waals surface area contributed by atoms with Gasteiger partial charge < -0.3 is 10.1 Å². The van der Waals surface area contributed by atoms with Crippen LogP contribution in [0, 0.1) is 0 Å². The van der Waals surface area contributed by atoms with Crippen molar-refractivity contribution in [2.75, 3.05) is 17.1 Å². The lowest BCUT2D eigenvalue weighted by atomic mass is 10.0. The van der Waals surface area contributed by atoms with Gasteiger partial charge >= 0.3 is 0 Å². The Bertz CT molecular complexity index is 1090. The third-order valence-corrected chi connectivity index (χ3v) is 5.65. The van der Waals surface area contributed by atoms with E-state index < -0.39 is 15.9 Å². The highest BCUT2D eigenvalue weighted by molar-refractivity contribution is 7.92. The van der Waals surface area contributed by atoms with E-state index in [9.17, 15) is 13.2 Å². The predicted octanol–water partition coefficient (Wildman–Crippen LogP) is 3.59.